The number of para-hydroxylation sites is 1. The van der Waals surface area contributed by atoms with Crippen molar-refractivity contribution in [2.24, 2.45) is 0 Å². The van der Waals surface area contributed by atoms with Gasteiger partial charge in [0.1, 0.15) is 5.75 Å². The van der Waals surface area contributed by atoms with E-state index < -0.39 is 0 Å². The Kier molecular flexibility index (Phi) is 2.47. The number of hydrogen-bond acceptors (Lipinski definition) is 2. The van der Waals surface area contributed by atoms with Crippen molar-refractivity contribution in [1.29, 1.82) is 0 Å². The third-order valence-electron chi connectivity index (χ3n) is 2.52. The molecule has 0 spiro atoms. The van der Waals surface area contributed by atoms with E-state index in [2.05, 4.69) is 4.98 Å². The van der Waals surface area contributed by atoms with Gasteiger partial charge in [0.25, 0.3) is 0 Å². The summed E-state index contributed by atoms with van der Waals surface area (Å²) in [6.45, 7) is 0. The van der Waals surface area contributed by atoms with Gasteiger partial charge in [-0.15, -0.1) is 0 Å². The van der Waals surface area contributed by atoms with E-state index in [-0.39, 0.29) is 0 Å². The molecule has 17 heavy (non-hydrogen) atoms. The molecule has 82 valence electrons. The van der Waals surface area contributed by atoms with Crippen LogP contribution < -0.4 is 4.74 Å². The van der Waals surface area contributed by atoms with Crippen molar-refractivity contribution < 1.29 is 4.74 Å². The second-order valence-electron chi connectivity index (χ2n) is 3.76. The molecule has 0 aromatic heterocycles. The Morgan fingerprint density at radius 2 is 1.47 bits per heavy atom. The van der Waals surface area contributed by atoms with Crippen LogP contribution in [0.15, 0.2) is 66.7 Å². The average Bonchev–Trinajstić information content (AvgIpc) is 2.60. The average molecular weight is 221 g/mol. The van der Waals surface area contributed by atoms with Gasteiger partial charge in [0.15, 0.2) is 0 Å². The summed E-state index contributed by atoms with van der Waals surface area (Å²) in [4.78, 5) is 4.43. The molecule has 0 unspecified atom stereocenters. The molecule has 0 saturated heterocycles. The minimum Gasteiger partial charge on any atom is -0.439 e. The minimum atomic E-state index is 0.636. The van der Waals surface area contributed by atoms with E-state index in [1.807, 2.05) is 66.7 Å². The van der Waals surface area contributed by atoms with Gasteiger partial charge in [-0.3, -0.25) is 0 Å². The first-order chi connectivity index (χ1) is 8.42. The smallest absolute Gasteiger partial charge is 0.220 e. The number of ether oxygens (including phenoxy) is 1. The van der Waals surface area contributed by atoms with Crippen LogP contribution >= 0.6 is 0 Å². The summed E-state index contributed by atoms with van der Waals surface area (Å²) in [7, 11) is 0. The molecule has 0 bridgehead atoms. The minimum absolute atomic E-state index is 0.636. The zero-order chi connectivity index (χ0) is 11.5. The predicted molar refractivity (Wildman–Crippen MR) is 67.4 cm³/mol. The van der Waals surface area contributed by atoms with Crippen LogP contribution in [0.1, 0.15) is 0 Å². The molecule has 2 heteroatoms. The highest BCUT2D eigenvalue weighted by molar-refractivity contribution is 5.63. The Hall–Kier alpha value is -2.35. The first kappa shape index (κ1) is 9.85. The lowest BCUT2D eigenvalue weighted by Gasteiger charge is -1.99. The van der Waals surface area contributed by atoms with E-state index in [0.717, 1.165) is 17.0 Å². The fourth-order valence-electron chi connectivity index (χ4n) is 1.72. The molecular weight excluding hydrogens is 210 g/mol. The topological polar surface area (TPSA) is 22.1 Å². The number of aromatic nitrogens is 1. The molecule has 1 aromatic carbocycles. The normalized spacial score (nSPS) is 10.4. The molecule has 1 heterocycles. The van der Waals surface area contributed by atoms with Gasteiger partial charge in [0.05, 0.1) is 5.69 Å². The Morgan fingerprint density at radius 1 is 0.765 bits per heavy atom. The number of hydrogen-bond donors (Lipinski definition) is 0. The third-order valence-corrected chi connectivity index (χ3v) is 2.52. The van der Waals surface area contributed by atoms with Crippen molar-refractivity contribution in [2.45, 2.75) is 0 Å². The molecule has 2 nitrogen and oxygen atoms in total. The largest absolute Gasteiger partial charge is 0.439 e. The van der Waals surface area contributed by atoms with Crippen LogP contribution in [0.25, 0.3) is 11.3 Å². The van der Waals surface area contributed by atoms with Gasteiger partial charge in [-0.05, 0) is 18.2 Å². The lowest BCUT2D eigenvalue weighted by molar-refractivity contribution is 0.467. The zero-order valence-electron chi connectivity index (χ0n) is 9.21. The van der Waals surface area contributed by atoms with Gasteiger partial charge in [0, 0.05) is 11.6 Å². The molecule has 0 fully saturated rings. The van der Waals surface area contributed by atoms with Gasteiger partial charge < -0.3 is 4.74 Å². The van der Waals surface area contributed by atoms with E-state index in [1.54, 1.807) is 0 Å². The summed E-state index contributed by atoms with van der Waals surface area (Å²) >= 11 is 0. The number of nitrogens with zero attached hydrogens (tertiary/aromatic N) is 1. The zero-order valence-corrected chi connectivity index (χ0v) is 9.21. The molecule has 2 aliphatic rings. The van der Waals surface area contributed by atoms with Crippen molar-refractivity contribution in [2.75, 3.05) is 0 Å². The van der Waals surface area contributed by atoms with Crippen molar-refractivity contribution >= 4 is 0 Å². The van der Waals surface area contributed by atoms with Crippen LogP contribution in [0, 0.1) is 0 Å². The van der Waals surface area contributed by atoms with Crippen molar-refractivity contribution in [3.05, 3.63) is 66.7 Å². The number of benzene rings is 1. The Bertz CT molecular complexity index is 561. The van der Waals surface area contributed by atoms with Crippen LogP contribution in [0.5, 0.6) is 11.6 Å². The van der Waals surface area contributed by atoms with Crippen LogP contribution in [0.3, 0.4) is 0 Å². The Balaban J connectivity index is 1.95. The van der Waals surface area contributed by atoms with Gasteiger partial charge >= 0.3 is 0 Å². The monoisotopic (exact) mass is 221 g/mol. The Morgan fingerprint density at radius 3 is 2.29 bits per heavy atom. The number of fused-ring (bicyclic) bond motifs is 1. The summed E-state index contributed by atoms with van der Waals surface area (Å²) in [5.41, 5.74) is 2.03. The van der Waals surface area contributed by atoms with Crippen molar-refractivity contribution in [3.63, 3.8) is 0 Å². The van der Waals surface area contributed by atoms with Gasteiger partial charge in [-0.25, -0.2) is 4.98 Å². The SMILES string of the molecule is c1ccc(Oc2cc3cccccc-3n2)cc1. The lowest BCUT2D eigenvalue weighted by Crippen LogP contribution is -1.82. The standard InChI is InChI=1S/C15H11NO/c1-3-7-12-11-15(16-14(12)10-6-1)17-13-8-4-2-5-9-13/h1-11H. The van der Waals surface area contributed by atoms with Crippen LogP contribution in [0.2, 0.25) is 0 Å². The van der Waals surface area contributed by atoms with Crippen molar-refractivity contribution in [1.82, 2.24) is 4.98 Å². The maximum absolute atomic E-state index is 5.68. The fourth-order valence-corrected chi connectivity index (χ4v) is 1.72. The first-order valence-corrected chi connectivity index (χ1v) is 5.50. The Labute approximate surface area is 99.9 Å². The first-order valence-electron chi connectivity index (χ1n) is 5.50. The van der Waals surface area contributed by atoms with E-state index in [0.29, 0.717) is 5.88 Å². The lowest BCUT2D eigenvalue weighted by atomic mass is 10.2. The third kappa shape index (κ3) is 2.11. The fraction of sp³-hybridized carbons (Fsp3) is 0. The second-order valence-corrected chi connectivity index (χ2v) is 3.76. The summed E-state index contributed by atoms with van der Waals surface area (Å²) < 4.78 is 5.68. The molecule has 1 aliphatic carbocycles. The molecule has 0 N–H and O–H groups in total. The van der Waals surface area contributed by atoms with E-state index in [9.17, 15) is 0 Å². The second kappa shape index (κ2) is 4.26. The summed E-state index contributed by atoms with van der Waals surface area (Å²) in [6.07, 6.45) is 0. The maximum atomic E-state index is 5.68. The van der Waals surface area contributed by atoms with Crippen LogP contribution in [0.4, 0.5) is 0 Å². The molecule has 3 rings (SSSR count). The number of rotatable bonds is 2. The summed E-state index contributed by atoms with van der Waals surface area (Å²) in [5, 5.41) is 0. The summed E-state index contributed by atoms with van der Waals surface area (Å²) in [5.74, 6) is 1.44. The molecule has 1 aliphatic heterocycles. The predicted octanol–water partition coefficient (Wildman–Crippen LogP) is 3.98. The quantitative estimate of drug-likeness (QED) is 0.653. The molecule has 1 aromatic rings. The molecule has 0 atom stereocenters. The molecular formula is C15H11NO. The molecule has 0 amide bonds. The van der Waals surface area contributed by atoms with E-state index >= 15 is 0 Å². The van der Waals surface area contributed by atoms with Crippen LogP contribution in [-0.2, 0) is 0 Å². The highest BCUT2D eigenvalue weighted by atomic mass is 16.5. The van der Waals surface area contributed by atoms with E-state index in [4.69, 9.17) is 4.74 Å². The van der Waals surface area contributed by atoms with Gasteiger partial charge in [-0.2, -0.15) is 0 Å². The maximum Gasteiger partial charge on any atom is 0.220 e. The highest BCUT2D eigenvalue weighted by Gasteiger charge is 2.07. The van der Waals surface area contributed by atoms with Gasteiger partial charge in [-0.1, -0.05) is 42.5 Å². The highest BCUT2D eigenvalue weighted by Crippen LogP contribution is 2.28. The van der Waals surface area contributed by atoms with Crippen molar-refractivity contribution in [3.8, 4) is 22.9 Å². The van der Waals surface area contributed by atoms with Gasteiger partial charge in [0.2, 0.25) is 5.88 Å². The van der Waals surface area contributed by atoms with E-state index in [1.165, 1.54) is 0 Å². The summed E-state index contributed by atoms with van der Waals surface area (Å²) in [6, 6.07) is 21.6. The molecule has 0 radical (unpaired) electrons. The van der Waals surface area contributed by atoms with Crippen LogP contribution in [-0.4, -0.2) is 4.98 Å². The molecule has 0 saturated carbocycles.